The summed E-state index contributed by atoms with van der Waals surface area (Å²) in [5, 5.41) is 8.03. The van der Waals surface area contributed by atoms with E-state index in [4.69, 9.17) is 0 Å². The largest absolute Gasteiger partial charge is 0.369 e. The molecular formula is C23H36N6S. The van der Waals surface area contributed by atoms with Gasteiger partial charge in [0.2, 0.25) is 0 Å². The normalized spacial score (nSPS) is 15.4. The van der Waals surface area contributed by atoms with Crippen LogP contribution in [0.1, 0.15) is 28.8 Å². The van der Waals surface area contributed by atoms with E-state index >= 15 is 0 Å². The van der Waals surface area contributed by atoms with Gasteiger partial charge < -0.3 is 15.5 Å². The molecular weight excluding hydrogens is 392 g/mol. The van der Waals surface area contributed by atoms with Gasteiger partial charge in [-0.05, 0) is 44.0 Å². The van der Waals surface area contributed by atoms with Crippen molar-refractivity contribution in [3.05, 3.63) is 45.9 Å². The van der Waals surface area contributed by atoms with Crippen molar-refractivity contribution in [2.45, 2.75) is 33.1 Å². The first kappa shape index (κ1) is 22.6. The zero-order valence-electron chi connectivity index (χ0n) is 18.7. The molecule has 1 aromatic carbocycles. The third kappa shape index (κ3) is 6.99. The molecule has 164 valence electrons. The molecule has 1 aliphatic heterocycles. The average Bonchev–Trinajstić information content (AvgIpc) is 3.24. The van der Waals surface area contributed by atoms with E-state index in [0.717, 1.165) is 71.0 Å². The van der Waals surface area contributed by atoms with Crippen LogP contribution < -0.4 is 15.5 Å². The fourth-order valence-electron chi connectivity index (χ4n) is 3.70. The molecule has 2 aromatic rings. The number of nitrogens with one attached hydrogen (secondary N) is 2. The highest BCUT2D eigenvalue weighted by molar-refractivity contribution is 7.11. The Kier molecular flexibility index (Phi) is 8.96. The number of piperazine rings is 1. The standard InChI is InChI=1S/C23H36N6S/c1-4-21-18-27-22(30-21)9-11-26-23(24-3)25-10-6-12-28-13-15-29(16-14-28)20-8-5-7-19(2)17-20/h5,7-8,17-18H,4,6,9-16H2,1-3H3,(H2,24,25,26). The summed E-state index contributed by atoms with van der Waals surface area (Å²) in [5.74, 6) is 0.881. The van der Waals surface area contributed by atoms with E-state index in [0.29, 0.717) is 0 Å². The van der Waals surface area contributed by atoms with Gasteiger partial charge in [-0.15, -0.1) is 11.3 Å². The molecule has 0 spiro atoms. The highest BCUT2D eigenvalue weighted by Gasteiger charge is 2.16. The fraction of sp³-hybridized carbons (Fsp3) is 0.565. The van der Waals surface area contributed by atoms with Crippen molar-refractivity contribution in [2.24, 2.45) is 4.99 Å². The van der Waals surface area contributed by atoms with Crippen molar-refractivity contribution in [1.82, 2.24) is 20.5 Å². The number of aryl methyl sites for hydroxylation is 2. The van der Waals surface area contributed by atoms with Gasteiger partial charge in [-0.3, -0.25) is 9.89 Å². The highest BCUT2D eigenvalue weighted by atomic mass is 32.1. The first-order valence-electron chi connectivity index (χ1n) is 11.1. The zero-order chi connectivity index (χ0) is 21.2. The number of thiazole rings is 1. The number of aliphatic imine (C=N–C) groups is 1. The Labute approximate surface area is 185 Å². The van der Waals surface area contributed by atoms with Gasteiger partial charge in [-0.25, -0.2) is 4.98 Å². The molecule has 7 heteroatoms. The topological polar surface area (TPSA) is 55.8 Å². The molecule has 1 aromatic heterocycles. The minimum Gasteiger partial charge on any atom is -0.369 e. The van der Waals surface area contributed by atoms with Gasteiger partial charge >= 0.3 is 0 Å². The third-order valence-corrected chi connectivity index (χ3v) is 6.69. The zero-order valence-corrected chi connectivity index (χ0v) is 19.5. The molecule has 0 atom stereocenters. The van der Waals surface area contributed by atoms with Crippen LogP contribution in [0.3, 0.4) is 0 Å². The SMILES string of the molecule is CCc1cnc(CCNC(=NC)NCCCN2CCN(c3cccc(C)c3)CC2)s1. The molecule has 0 saturated carbocycles. The second-order valence-corrected chi connectivity index (χ2v) is 8.97. The van der Waals surface area contributed by atoms with E-state index in [1.807, 2.05) is 24.6 Å². The van der Waals surface area contributed by atoms with Crippen molar-refractivity contribution in [3.63, 3.8) is 0 Å². The van der Waals surface area contributed by atoms with Crippen LogP contribution in [0.4, 0.5) is 5.69 Å². The maximum atomic E-state index is 4.48. The molecule has 0 radical (unpaired) electrons. The van der Waals surface area contributed by atoms with E-state index in [9.17, 15) is 0 Å². The predicted octanol–water partition coefficient (Wildman–Crippen LogP) is 2.93. The van der Waals surface area contributed by atoms with Gasteiger partial charge in [0, 0.05) is 69.5 Å². The summed E-state index contributed by atoms with van der Waals surface area (Å²) in [5.41, 5.74) is 2.69. The molecule has 1 aliphatic rings. The number of guanidine groups is 1. The fourth-order valence-corrected chi connectivity index (χ4v) is 4.56. The molecule has 0 unspecified atom stereocenters. The second-order valence-electron chi connectivity index (χ2n) is 7.77. The maximum Gasteiger partial charge on any atom is 0.190 e. The number of rotatable bonds is 9. The van der Waals surface area contributed by atoms with E-state index < -0.39 is 0 Å². The highest BCUT2D eigenvalue weighted by Crippen LogP contribution is 2.17. The van der Waals surface area contributed by atoms with Gasteiger partial charge in [0.15, 0.2) is 5.96 Å². The molecule has 2 N–H and O–H groups in total. The van der Waals surface area contributed by atoms with Crippen molar-refractivity contribution in [1.29, 1.82) is 0 Å². The summed E-state index contributed by atoms with van der Waals surface area (Å²) in [4.78, 5) is 15.2. The lowest BCUT2D eigenvalue weighted by Crippen LogP contribution is -2.47. The van der Waals surface area contributed by atoms with Gasteiger partial charge in [0.25, 0.3) is 0 Å². The summed E-state index contributed by atoms with van der Waals surface area (Å²) in [6.45, 7) is 11.7. The lowest BCUT2D eigenvalue weighted by molar-refractivity contribution is 0.255. The lowest BCUT2D eigenvalue weighted by atomic mass is 10.2. The van der Waals surface area contributed by atoms with Crippen LogP contribution in [0.5, 0.6) is 0 Å². The first-order chi connectivity index (χ1) is 14.7. The van der Waals surface area contributed by atoms with Crippen LogP contribution in [0.2, 0.25) is 0 Å². The third-order valence-electron chi connectivity index (χ3n) is 5.49. The number of hydrogen-bond acceptors (Lipinski definition) is 5. The molecule has 6 nitrogen and oxygen atoms in total. The predicted molar refractivity (Wildman–Crippen MR) is 129 cm³/mol. The number of anilines is 1. The van der Waals surface area contributed by atoms with Crippen molar-refractivity contribution in [2.75, 3.05) is 57.8 Å². The van der Waals surface area contributed by atoms with Crippen molar-refractivity contribution < 1.29 is 0 Å². The van der Waals surface area contributed by atoms with Crippen LogP contribution in [0.25, 0.3) is 0 Å². The van der Waals surface area contributed by atoms with Crippen molar-refractivity contribution in [3.8, 4) is 0 Å². The molecule has 2 heterocycles. The average molecular weight is 429 g/mol. The molecule has 1 saturated heterocycles. The minimum atomic E-state index is 0.858. The summed E-state index contributed by atoms with van der Waals surface area (Å²) in [6.07, 6.45) is 5.12. The van der Waals surface area contributed by atoms with Crippen LogP contribution in [-0.4, -0.2) is 68.7 Å². The van der Waals surface area contributed by atoms with E-state index in [1.54, 1.807) is 0 Å². The Morgan fingerprint density at radius 2 is 1.97 bits per heavy atom. The molecule has 30 heavy (non-hydrogen) atoms. The Bertz CT molecular complexity index is 794. The van der Waals surface area contributed by atoms with Crippen LogP contribution in [-0.2, 0) is 12.8 Å². The molecule has 0 amide bonds. The van der Waals surface area contributed by atoms with Gasteiger partial charge in [0.05, 0.1) is 5.01 Å². The molecule has 1 fully saturated rings. The lowest BCUT2D eigenvalue weighted by Gasteiger charge is -2.36. The summed E-state index contributed by atoms with van der Waals surface area (Å²) in [6, 6.07) is 8.83. The Hall–Kier alpha value is -2.12. The van der Waals surface area contributed by atoms with Crippen LogP contribution in [0.15, 0.2) is 35.5 Å². The summed E-state index contributed by atoms with van der Waals surface area (Å²) >= 11 is 1.81. The first-order valence-corrected chi connectivity index (χ1v) is 11.9. The maximum absolute atomic E-state index is 4.48. The number of nitrogens with zero attached hydrogens (tertiary/aromatic N) is 4. The van der Waals surface area contributed by atoms with Crippen LogP contribution >= 0.6 is 11.3 Å². The van der Waals surface area contributed by atoms with E-state index in [-0.39, 0.29) is 0 Å². The smallest absolute Gasteiger partial charge is 0.190 e. The summed E-state index contributed by atoms with van der Waals surface area (Å²) in [7, 11) is 1.83. The summed E-state index contributed by atoms with van der Waals surface area (Å²) < 4.78 is 0. The second kappa shape index (κ2) is 11.9. The number of aromatic nitrogens is 1. The number of hydrogen-bond donors (Lipinski definition) is 2. The van der Waals surface area contributed by atoms with Gasteiger partial charge in [-0.1, -0.05) is 19.1 Å². The van der Waals surface area contributed by atoms with Gasteiger partial charge in [-0.2, -0.15) is 0 Å². The number of benzene rings is 1. The Morgan fingerprint density at radius 3 is 2.67 bits per heavy atom. The van der Waals surface area contributed by atoms with E-state index in [2.05, 4.69) is 68.5 Å². The van der Waals surface area contributed by atoms with Gasteiger partial charge in [0.1, 0.15) is 0 Å². The Morgan fingerprint density at radius 1 is 1.17 bits per heavy atom. The van der Waals surface area contributed by atoms with Crippen molar-refractivity contribution >= 4 is 23.0 Å². The quantitative estimate of drug-likeness (QED) is 0.365. The minimum absolute atomic E-state index is 0.858. The monoisotopic (exact) mass is 428 g/mol. The molecule has 0 bridgehead atoms. The molecule has 0 aliphatic carbocycles. The Balaban J connectivity index is 1.28. The van der Waals surface area contributed by atoms with Crippen LogP contribution in [0, 0.1) is 6.92 Å². The van der Waals surface area contributed by atoms with E-state index in [1.165, 1.54) is 21.1 Å². The molecule has 3 rings (SSSR count).